The quantitative estimate of drug-likeness (QED) is 0.110. The molecule has 0 aliphatic heterocycles. The fourth-order valence-corrected chi connectivity index (χ4v) is 5.64. The molecule has 2 N–H and O–H groups in total. The summed E-state index contributed by atoms with van der Waals surface area (Å²) in [4.78, 5) is 13.2. The highest BCUT2D eigenvalue weighted by Crippen LogP contribution is 2.23. The zero-order chi connectivity index (χ0) is 28.5. The third-order valence-electron chi connectivity index (χ3n) is 5.65. The van der Waals surface area contributed by atoms with E-state index in [1.807, 2.05) is 42.5 Å². The molecule has 11 heteroatoms. The number of hydrogen-bond acceptors (Lipinski definition) is 5. The van der Waals surface area contributed by atoms with Crippen LogP contribution in [0.4, 0.5) is 0 Å². The molecule has 1 amide bonds. The van der Waals surface area contributed by atoms with Crippen LogP contribution in [0.25, 0.3) is 0 Å². The standard InChI is InChI=1S/C29H24Cl2IN3O4S/c30-23-8-4-7-21(15-23)19-39-28-14-9-24(31)17-22(28)18-33-34-29(36)27(16-20-5-2-1-3-6-20)35-40(37,38)26-12-10-25(32)11-13-26/h1-15,17-18,27,35H,16,19H2,(H,34,36)/b33-18-/t27-/m0/s1. The van der Waals surface area contributed by atoms with Crippen molar-refractivity contribution in [3.63, 3.8) is 0 Å². The summed E-state index contributed by atoms with van der Waals surface area (Å²) in [7, 11) is -3.98. The average Bonchev–Trinajstić information content (AvgIpc) is 2.93. The number of nitrogens with zero attached hydrogens (tertiary/aromatic N) is 1. The van der Waals surface area contributed by atoms with Crippen molar-refractivity contribution in [1.82, 2.24) is 10.1 Å². The Morgan fingerprint density at radius 1 is 0.900 bits per heavy atom. The van der Waals surface area contributed by atoms with Crippen molar-refractivity contribution in [3.05, 3.63) is 127 Å². The Bertz CT molecular complexity index is 1600. The molecule has 40 heavy (non-hydrogen) atoms. The summed E-state index contributed by atoms with van der Waals surface area (Å²) in [6.07, 6.45) is 1.52. The summed E-state index contributed by atoms with van der Waals surface area (Å²) in [5, 5.41) is 5.12. The average molecular weight is 708 g/mol. The van der Waals surface area contributed by atoms with E-state index in [1.165, 1.54) is 18.3 Å². The summed E-state index contributed by atoms with van der Waals surface area (Å²) >= 11 is 14.3. The van der Waals surface area contributed by atoms with Gasteiger partial charge in [-0.25, -0.2) is 13.8 Å². The summed E-state index contributed by atoms with van der Waals surface area (Å²) in [6.45, 7) is 0.259. The largest absolute Gasteiger partial charge is 0.488 e. The van der Waals surface area contributed by atoms with Crippen LogP contribution >= 0.6 is 45.8 Å². The molecule has 0 heterocycles. The molecule has 4 aromatic carbocycles. The zero-order valence-corrected chi connectivity index (χ0v) is 25.4. The van der Waals surface area contributed by atoms with E-state index in [-0.39, 0.29) is 17.9 Å². The van der Waals surface area contributed by atoms with Crippen molar-refractivity contribution in [2.45, 2.75) is 24.0 Å². The first-order valence-corrected chi connectivity index (χ1v) is 15.3. The first kappa shape index (κ1) is 30.0. The number of carbonyl (C=O) groups excluding carboxylic acids is 1. The molecule has 0 aliphatic rings. The molecule has 0 bridgehead atoms. The maximum absolute atomic E-state index is 13.2. The predicted octanol–water partition coefficient (Wildman–Crippen LogP) is 6.22. The number of nitrogens with one attached hydrogen (secondary N) is 2. The van der Waals surface area contributed by atoms with Gasteiger partial charge in [0.15, 0.2) is 0 Å². The number of halogens is 3. The Hall–Kier alpha value is -2.96. The van der Waals surface area contributed by atoms with Gasteiger partial charge in [0.2, 0.25) is 10.0 Å². The van der Waals surface area contributed by atoms with Crippen molar-refractivity contribution < 1.29 is 17.9 Å². The summed E-state index contributed by atoms with van der Waals surface area (Å²) < 4.78 is 35.5. The van der Waals surface area contributed by atoms with E-state index >= 15 is 0 Å². The van der Waals surface area contributed by atoms with E-state index < -0.39 is 22.0 Å². The van der Waals surface area contributed by atoms with Crippen LogP contribution < -0.4 is 14.9 Å². The highest BCUT2D eigenvalue weighted by atomic mass is 127. The predicted molar refractivity (Wildman–Crippen MR) is 166 cm³/mol. The molecule has 0 aromatic heterocycles. The molecule has 0 saturated carbocycles. The zero-order valence-electron chi connectivity index (χ0n) is 20.9. The lowest BCUT2D eigenvalue weighted by molar-refractivity contribution is -0.122. The van der Waals surface area contributed by atoms with Gasteiger partial charge in [0.05, 0.1) is 11.1 Å². The normalized spacial score (nSPS) is 12.3. The van der Waals surface area contributed by atoms with Crippen molar-refractivity contribution >= 4 is 67.9 Å². The summed E-state index contributed by atoms with van der Waals surface area (Å²) in [5.74, 6) is -0.139. The highest BCUT2D eigenvalue weighted by Gasteiger charge is 2.26. The minimum Gasteiger partial charge on any atom is -0.488 e. The second kappa shape index (κ2) is 14.1. The molecular formula is C29H24Cl2IN3O4S. The van der Waals surface area contributed by atoms with E-state index in [4.69, 9.17) is 27.9 Å². The van der Waals surface area contributed by atoms with E-state index in [2.05, 4.69) is 37.8 Å². The van der Waals surface area contributed by atoms with Crippen molar-refractivity contribution in [3.8, 4) is 5.75 Å². The Morgan fingerprint density at radius 3 is 2.33 bits per heavy atom. The summed E-state index contributed by atoms with van der Waals surface area (Å²) in [6, 6.07) is 26.7. The second-order valence-corrected chi connectivity index (χ2v) is 12.5. The number of hydrogen-bond donors (Lipinski definition) is 2. The number of ether oxygens (including phenoxy) is 1. The maximum Gasteiger partial charge on any atom is 0.258 e. The van der Waals surface area contributed by atoms with E-state index in [9.17, 15) is 13.2 Å². The minimum atomic E-state index is -3.98. The van der Waals surface area contributed by atoms with Gasteiger partial charge in [0.1, 0.15) is 18.4 Å². The van der Waals surface area contributed by atoms with Crippen LogP contribution in [0.3, 0.4) is 0 Å². The van der Waals surface area contributed by atoms with Gasteiger partial charge in [0, 0.05) is 19.2 Å². The van der Waals surface area contributed by atoms with Crippen LogP contribution in [0.5, 0.6) is 5.75 Å². The molecule has 0 saturated heterocycles. The lowest BCUT2D eigenvalue weighted by Crippen LogP contribution is -2.46. The lowest BCUT2D eigenvalue weighted by atomic mass is 10.1. The highest BCUT2D eigenvalue weighted by molar-refractivity contribution is 14.1. The molecule has 206 valence electrons. The van der Waals surface area contributed by atoms with Gasteiger partial charge in [0.25, 0.3) is 5.91 Å². The monoisotopic (exact) mass is 707 g/mol. The van der Waals surface area contributed by atoms with Gasteiger partial charge in [-0.15, -0.1) is 0 Å². The van der Waals surface area contributed by atoms with Crippen LogP contribution in [-0.2, 0) is 27.8 Å². The molecule has 0 aliphatic carbocycles. The van der Waals surface area contributed by atoms with Crippen LogP contribution in [0.15, 0.2) is 107 Å². The van der Waals surface area contributed by atoms with Gasteiger partial charge < -0.3 is 4.74 Å². The number of hydrazone groups is 1. The van der Waals surface area contributed by atoms with Crippen molar-refractivity contribution in [2.24, 2.45) is 5.10 Å². The topological polar surface area (TPSA) is 96.9 Å². The van der Waals surface area contributed by atoms with Gasteiger partial charge in [-0.3, -0.25) is 4.79 Å². The maximum atomic E-state index is 13.2. The van der Waals surface area contributed by atoms with E-state index in [1.54, 1.807) is 42.5 Å². The van der Waals surface area contributed by atoms with Crippen LogP contribution in [0, 0.1) is 3.57 Å². The minimum absolute atomic E-state index is 0.0581. The molecule has 0 radical (unpaired) electrons. The van der Waals surface area contributed by atoms with E-state index in [0.717, 1.165) is 14.7 Å². The smallest absolute Gasteiger partial charge is 0.258 e. The van der Waals surface area contributed by atoms with Gasteiger partial charge in [-0.2, -0.15) is 9.82 Å². The third kappa shape index (κ3) is 8.77. The molecule has 0 spiro atoms. The second-order valence-electron chi connectivity index (χ2n) is 8.65. The number of benzene rings is 4. The Kier molecular flexibility index (Phi) is 10.6. The van der Waals surface area contributed by atoms with Crippen LogP contribution in [-0.4, -0.2) is 26.6 Å². The van der Waals surface area contributed by atoms with Crippen LogP contribution in [0.1, 0.15) is 16.7 Å². The Labute approximate surface area is 256 Å². The first-order valence-electron chi connectivity index (χ1n) is 12.0. The number of sulfonamides is 1. The van der Waals surface area contributed by atoms with Gasteiger partial charge in [-0.05, 0) is 94.7 Å². The Morgan fingerprint density at radius 2 is 1.60 bits per heavy atom. The van der Waals surface area contributed by atoms with Crippen molar-refractivity contribution in [1.29, 1.82) is 0 Å². The first-order chi connectivity index (χ1) is 19.2. The fraction of sp³-hybridized carbons (Fsp3) is 0.103. The Balaban J connectivity index is 1.50. The fourth-order valence-electron chi connectivity index (χ4n) is 3.69. The SMILES string of the molecule is O=C(N/N=C\c1cc(Cl)ccc1OCc1cccc(Cl)c1)[C@H](Cc1ccccc1)NS(=O)(=O)c1ccc(I)cc1. The van der Waals surface area contributed by atoms with Crippen LogP contribution in [0.2, 0.25) is 10.0 Å². The molecular weight excluding hydrogens is 684 g/mol. The molecule has 4 aromatic rings. The molecule has 4 rings (SSSR count). The van der Waals surface area contributed by atoms with Gasteiger partial charge in [-0.1, -0.05) is 65.7 Å². The molecule has 0 fully saturated rings. The third-order valence-corrected chi connectivity index (χ3v) is 8.33. The van der Waals surface area contributed by atoms with Crippen molar-refractivity contribution in [2.75, 3.05) is 0 Å². The number of rotatable bonds is 11. The molecule has 7 nitrogen and oxygen atoms in total. The summed E-state index contributed by atoms with van der Waals surface area (Å²) in [5.41, 5.74) is 4.63. The molecule has 1 atom stereocenters. The lowest BCUT2D eigenvalue weighted by Gasteiger charge is -2.17. The van der Waals surface area contributed by atoms with Gasteiger partial charge >= 0.3 is 0 Å². The van der Waals surface area contributed by atoms with E-state index in [0.29, 0.717) is 21.4 Å². The number of carbonyl (C=O) groups is 1. The molecule has 0 unspecified atom stereocenters. The number of amides is 1.